The van der Waals surface area contributed by atoms with Crippen LogP contribution in [0, 0.1) is 0 Å². The first-order valence-corrected chi connectivity index (χ1v) is 9.70. The van der Waals surface area contributed by atoms with E-state index >= 15 is 0 Å². The van der Waals surface area contributed by atoms with Gasteiger partial charge in [-0.25, -0.2) is 4.79 Å². The summed E-state index contributed by atoms with van der Waals surface area (Å²) in [4.78, 5) is 14.4. The van der Waals surface area contributed by atoms with Crippen molar-refractivity contribution in [2.45, 2.75) is 76.2 Å². The average Bonchev–Trinajstić information content (AvgIpc) is 2.86. The smallest absolute Gasteiger partial charge is 0.410 e. The van der Waals surface area contributed by atoms with Crippen molar-refractivity contribution in [1.29, 1.82) is 0 Å². The molecule has 150 valence electrons. The van der Waals surface area contributed by atoms with Crippen molar-refractivity contribution in [3.05, 3.63) is 24.3 Å². The normalized spacial score (nSPS) is 27.4. The molecule has 2 fully saturated rings. The molecule has 1 amide bonds. The highest BCUT2D eigenvalue weighted by Gasteiger charge is 2.50. The lowest BCUT2D eigenvalue weighted by atomic mass is 9.84. The van der Waals surface area contributed by atoms with Crippen LogP contribution in [0.15, 0.2) is 24.3 Å². The standard InChI is InChI=1S/C21H31NO5/c1-20(2,3)27-19(23)22-15-8-9-16(22)14-21(24,13-15)10-11-26-18-7-5-6-17(12-18)25-4/h5-7,12,15-16,24H,8-11,13-14H2,1-4H3. The minimum atomic E-state index is -0.802. The Morgan fingerprint density at radius 2 is 1.85 bits per heavy atom. The first-order valence-electron chi connectivity index (χ1n) is 9.70. The number of ether oxygens (including phenoxy) is 3. The van der Waals surface area contributed by atoms with Crippen LogP contribution in [0.4, 0.5) is 4.79 Å². The molecule has 1 aromatic carbocycles. The highest BCUT2D eigenvalue weighted by Crippen LogP contribution is 2.43. The van der Waals surface area contributed by atoms with Crippen molar-refractivity contribution in [1.82, 2.24) is 4.90 Å². The molecule has 2 aliphatic heterocycles. The minimum Gasteiger partial charge on any atom is -0.497 e. The molecule has 2 aliphatic rings. The van der Waals surface area contributed by atoms with Gasteiger partial charge in [-0.05, 0) is 58.6 Å². The second-order valence-electron chi connectivity index (χ2n) is 8.68. The summed E-state index contributed by atoms with van der Waals surface area (Å²) in [5.41, 5.74) is -1.31. The first kappa shape index (κ1) is 19.8. The van der Waals surface area contributed by atoms with Gasteiger partial charge >= 0.3 is 6.09 Å². The Balaban J connectivity index is 1.55. The van der Waals surface area contributed by atoms with E-state index in [0.29, 0.717) is 25.9 Å². The third-order valence-electron chi connectivity index (χ3n) is 5.33. The predicted molar refractivity (Wildman–Crippen MR) is 102 cm³/mol. The maximum absolute atomic E-state index is 12.5. The van der Waals surface area contributed by atoms with Crippen molar-refractivity contribution in [3.8, 4) is 11.5 Å². The molecule has 2 atom stereocenters. The summed E-state index contributed by atoms with van der Waals surface area (Å²) in [7, 11) is 1.62. The summed E-state index contributed by atoms with van der Waals surface area (Å²) >= 11 is 0. The van der Waals surface area contributed by atoms with Crippen LogP contribution in [0.3, 0.4) is 0 Å². The number of aliphatic hydroxyl groups is 1. The number of amides is 1. The monoisotopic (exact) mass is 377 g/mol. The summed E-state index contributed by atoms with van der Waals surface area (Å²) in [6.45, 7) is 6.06. The lowest BCUT2D eigenvalue weighted by Crippen LogP contribution is -2.54. The molecule has 2 bridgehead atoms. The second kappa shape index (κ2) is 7.58. The van der Waals surface area contributed by atoms with Gasteiger partial charge in [0.05, 0.1) is 19.3 Å². The Morgan fingerprint density at radius 3 is 2.44 bits per heavy atom. The molecule has 1 N–H and O–H groups in total. The van der Waals surface area contributed by atoms with Crippen molar-refractivity contribution in [3.63, 3.8) is 0 Å². The van der Waals surface area contributed by atoms with Crippen LogP contribution in [-0.2, 0) is 4.74 Å². The number of carbonyl (C=O) groups excluding carboxylic acids is 1. The molecule has 2 unspecified atom stereocenters. The van der Waals surface area contributed by atoms with Gasteiger partial charge in [-0.15, -0.1) is 0 Å². The van der Waals surface area contributed by atoms with Gasteiger partial charge in [-0.1, -0.05) is 6.07 Å². The van der Waals surface area contributed by atoms with Gasteiger partial charge in [-0.3, -0.25) is 0 Å². The minimum absolute atomic E-state index is 0.0421. The van der Waals surface area contributed by atoms with E-state index in [1.165, 1.54) is 0 Å². The third-order valence-corrected chi connectivity index (χ3v) is 5.33. The highest BCUT2D eigenvalue weighted by atomic mass is 16.6. The van der Waals surface area contributed by atoms with E-state index in [1.807, 2.05) is 49.9 Å². The molecule has 3 rings (SSSR count). The summed E-state index contributed by atoms with van der Waals surface area (Å²) in [5, 5.41) is 11.1. The number of fused-ring (bicyclic) bond motifs is 2. The molecule has 27 heavy (non-hydrogen) atoms. The quantitative estimate of drug-likeness (QED) is 0.846. The third kappa shape index (κ3) is 4.86. The van der Waals surface area contributed by atoms with Gasteiger partial charge < -0.3 is 24.2 Å². The van der Waals surface area contributed by atoms with E-state index in [4.69, 9.17) is 14.2 Å². The Labute approximate surface area is 161 Å². The van der Waals surface area contributed by atoms with E-state index in [0.717, 1.165) is 24.3 Å². The van der Waals surface area contributed by atoms with Crippen molar-refractivity contribution < 1.29 is 24.1 Å². The zero-order valence-corrected chi connectivity index (χ0v) is 16.7. The van der Waals surface area contributed by atoms with E-state index in [9.17, 15) is 9.90 Å². The topological polar surface area (TPSA) is 68.2 Å². The molecule has 2 saturated heterocycles. The molecule has 0 radical (unpaired) electrons. The van der Waals surface area contributed by atoms with Crippen LogP contribution in [-0.4, -0.2) is 53.1 Å². The fourth-order valence-corrected chi connectivity index (χ4v) is 4.19. The summed E-state index contributed by atoms with van der Waals surface area (Å²) < 4.78 is 16.6. The Kier molecular flexibility index (Phi) is 5.56. The molecule has 6 heteroatoms. The average molecular weight is 377 g/mol. The van der Waals surface area contributed by atoms with Crippen LogP contribution in [0.5, 0.6) is 11.5 Å². The molecule has 0 spiro atoms. The SMILES string of the molecule is COc1cccc(OCCC2(O)CC3CCC(C2)N3C(=O)OC(C)(C)C)c1. The summed E-state index contributed by atoms with van der Waals surface area (Å²) in [6.07, 6.45) is 3.27. The van der Waals surface area contributed by atoms with Crippen molar-refractivity contribution >= 4 is 6.09 Å². The van der Waals surface area contributed by atoms with Crippen LogP contribution in [0.1, 0.15) is 52.9 Å². The largest absolute Gasteiger partial charge is 0.497 e. The van der Waals surface area contributed by atoms with Gasteiger partial charge in [-0.2, -0.15) is 0 Å². The lowest BCUT2D eigenvalue weighted by Gasteiger charge is -2.43. The van der Waals surface area contributed by atoms with E-state index in [-0.39, 0.29) is 18.2 Å². The molecule has 0 aliphatic carbocycles. The van der Waals surface area contributed by atoms with Gasteiger partial charge in [0.15, 0.2) is 0 Å². The maximum Gasteiger partial charge on any atom is 0.410 e. The second-order valence-corrected chi connectivity index (χ2v) is 8.68. The molecular formula is C21H31NO5. The summed E-state index contributed by atoms with van der Waals surface area (Å²) in [5.74, 6) is 1.47. The van der Waals surface area contributed by atoms with Gasteiger partial charge in [0.2, 0.25) is 0 Å². The Bertz CT molecular complexity index is 655. The molecule has 0 aromatic heterocycles. The number of benzene rings is 1. The maximum atomic E-state index is 12.5. The van der Waals surface area contributed by atoms with Crippen LogP contribution >= 0.6 is 0 Å². The molecule has 6 nitrogen and oxygen atoms in total. The molecule has 2 heterocycles. The van der Waals surface area contributed by atoms with E-state index in [2.05, 4.69) is 0 Å². The fourth-order valence-electron chi connectivity index (χ4n) is 4.19. The van der Waals surface area contributed by atoms with Gasteiger partial charge in [0.1, 0.15) is 17.1 Å². The predicted octanol–water partition coefficient (Wildman–Crippen LogP) is 3.76. The summed E-state index contributed by atoms with van der Waals surface area (Å²) in [6, 6.07) is 7.54. The Hall–Kier alpha value is -1.95. The van der Waals surface area contributed by atoms with Gasteiger partial charge in [0.25, 0.3) is 0 Å². The Morgan fingerprint density at radius 1 is 1.22 bits per heavy atom. The van der Waals surface area contributed by atoms with Crippen molar-refractivity contribution in [2.75, 3.05) is 13.7 Å². The molecular weight excluding hydrogens is 346 g/mol. The van der Waals surface area contributed by atoms with Crippen LogP contribution < -0.4 is 9.47 Å². The number of methoxy groups -OCH3 is 1. The number of hydrogen-bond acceptors (Lipinski definition) is 5. The number of rotatable bonds is 5. The van der Waals surface area contributed by atoms with Crippen molar-refractivity contribution in [2.24, 2.45) is 0 Å². The molecule has 1 aromatic rings. The fraction of sp³-hybridized carbons (Fsp3) is 0.667. The van der Waals surface area contributed by atoms with Crippen LogP contribution in [0.25, 0.3) is 0 Å². The zero-order chi connectivity index (χ0) is 19.7. The first-order chi connectivity index (χ1) is 12.7. The van der Waals surface area contributed by atoms with Crippen LogP contribution in [0.2, 0.25) is 0 Å². The van der Waals surface area contributed by atoms with Gasteiger partial charge in [0, 0.05) is 24.6 Å². The number of hydrogen-bond donors (Lipinski definition) is 1. The highest BCUT2D eigenvalue weighted by molar-refractivity contribution is 5.69. The lowest BCUT2D eigenvalue weighted by molar-refractivity contribution is -0.0670. The number of carbonyl (C=O) groups is 1. The molecule has 0 saturated carbocycles. The number of nitrogens with zero attached hydrogens (tertiary/aromatic N) is 1. The van der Waals surface area contributed by atoms with E-state index in [1.54, 1.807) is 7.11 Å². The van der Waals surface area contributed by atoms with E-state index < -0.39 is 11.2 Å². The zero-order valence-electron chi connectivity index (χ0n) is 16.7. The number of piperidine rings is 1.